The SMILES string of the molecule is FC(F)(F)COc1cc(Br)cc2cccnc12. The second-order valence-electron chi connectivity index (χ2n) is 3.38. The molecule has 0 N–H and O–H groups in total. The van der Waals surface area contributed by atoms with Crippen LogP contribution in [-0.2, 0) is 0 Å². The van der Waals surface area contributed by atoms with Crippen LogP contribution in [0.3, 0.4) is 0 Å². The van der Waals surface area contributed by atoms with Crippen molar-refractivity contribution in [1.82, 2.24) is 4.98 Å². The smallest absolute Gasteiger partial charge is 0.422 e. The van der Waals surface area contributed by atoms with Gasteiger partial charge in [0.15, 0.2) is 6.61 Å². The van der Waals surface area contributed by atoms with Gasteiger partial charge in [-0.25, -0.2) is 0 Å². The molecule has 2 nitrogen and oxygen atoms in total. The first-order chi connectivity index (χ1) is 7.96. The number of rotatable bonds is 2. The highest BCUT2D eigenvalue weighted by molar-refractivity contribution is 9.10. The molecule has 2 rings (SSSR count). The molecular weight excluding hydrogens is 299 g/mol. The average molecular weight is 306 g/mol. The van der Waals surface area contributed by atoms with E-state index in [1.807, 2.05) is 0 Å². The molecule has 0 fully saturated rings. The standard InChI is InChI=1S/C11H7BrF3NO/c12-8-4-7-2-1-3-16-10(7)9(5-8)17-6-11(13,14)15/h1-5H,6H2. The van der Waals surface area contributed by atoms with Crippen molar-refractivity contribution < 1.29 is 17.9 Å². The predicted octanol–water partition coefficient (Wildman–Crippen LogP) is 3.94. The third-order valence-electron chi connectivity index (χ3n) is 2.03. The Hall–Kier alpha value is -1.30. The molecule has 2 aromatic rings. The zero-order valence-corrected chi connectivity index (χ0v) is 10.0. The summed E-state index contributed by atoms with van der Waals surface area (Å²) in [6.07, 6.45) is -2.85. The lowest BCUT2D eigenvalue weighted by atomic mass is 10.2. The van der Waals surface area contributed by atoms with E-state index in [2.05, 4.69) is 20.9 Å². The van der Waals surface area contributed by atoms with Crippen LogP contribution in [0.4, 0.5) is 13.2 Å². The Bertz CT molecular complexity index is 542. The number of fused-ring (bicyclic) bond motifs is 1. The Morgan fingerprint density at radius 3 is 2.76 bits per heavy atom. The summed E-state index contributed by atoms with van der Waals surface area (Å²) in [5, 5.41) is 0.721. The Labute approximate surface area is 104 Å². The van der Waals surface area contributed by atoms with Crippen LogP contribution < -0.4 is 4.74 Å². The fourth-order valence-corrected chi connectivity index (χ4v) is 1.85. The summed E-state index contributed by atoms with van der Waals surface area (Å²) in [7, 11) is 0. The summed E-state index contributed by atoms with van der Waals surface area (Å²) in [5.41, 5.74) is 0.417. The van der Waals surface area contributed by atoms with E-state index < -0.39 is 12.8 Å². The largest absolute Gasteiger partial charge is 0.482 e. The van der Waals surface area contributed by atoms with E-state index in [4.69, 9.17) is 4.74 Å². The normalized spacial score (nSPS) is 11.8. The Balaban J connectivity index is 2.39. The summed E-state index contributed by atoms with van der Waals surface area (Å²) < 4.78 is 41.6. The zero-order valence-electron chi connectivity index (χ0n) is 8.46. The number of hydrogen-bond acceptors (Lipinski definition) is 2. The van der Waals surface area contributed by atoms with Crippen molar-refractivity contribution in [3.8, 4) is 5.75 Å². The molecule has 1 aromatic carbocycles. The van der Waals surface area contributed by atoms with Crippen molar-refractivity contribution in [3.05, 3.63) is 34.9 Å². The zero-order chi connectivity index (χ0) is 12.5. The molecule has 0 saturated heterocycles. The Morgan fingerprint density at radius 1 is 1.29 bits per heavy atom. The van der Waals surface area contributed by atoms with Gasteiger partial charge in [-0.1, -0.05) is 22.0 Å². The van der Waals surface area contributed by atoms with Crippen LogP contribution in [-0.4, -0.2) is 17.8 Å². The number of benzene rings is 1. The van der Waals surface area contributed by atoms with Gasteiger partial charge in [-0.2, -0.15) is 13.2 Å². The highest BCUT2D eigenvalue weighted by Gasteiger charge is 2.28. The monoisotopic (exact) mass is 305 g/mol. The molecule has 1 heterocycles. The van der Waals surface area contributed by atoms with Gasteiger partial charge in [-0.05, 0) is 18.2 Å². The van der Waals surface area contributed by atoms with Crippen molar-refractivity contribution in [1.29, 1.82) is 0 Å². The average Bonchev–Trinajstić information content (AvgIpc) is 2.24. The van der Waals surface area contributed by atoms with Crippen LogP contribution in [0.5, 0.6) is 5.75 Å². The lowest BCUT2D eigenvalue weighted by molar-refractivity contribution is -0.153. The van der Waals surface area contributed by atoms with Gasteiger partial charge in [-0.15, -0.1) is 0 Å². The molecule has 0 aliphatic rings. The number of alkyl halides is 3. The quantitative estimate of drug-likeness (QED) is 0.838. The fraction of sp³-hybridized carbons (Fsp3) is 0.182. The molecule has 0 unspecified atom stereocenters. The van der Waals surface area contributed by atoms with Crippen LogP contribution in [0.15, 0.2) is 34.9 Å². The highest BCUT2D eigenvalue weighted by atomic mass is 79.9. The minimum absolute atomic E-state index is 0.118. The van der Waals surface area contributed by atoms with Crippen molar-refractivity contribution in [3.63, 3.8) is 0 Å². The molecule has 90 valence electrons. The van der Waals surface area contributed by atoms with Crippen LogP contribution in [0, 0.1) is 0 Å². The Morgan fingerprint density at radius 2 is 2.06 bits per heavy atom. The van der Waals surface area contributed by atoms with Gasteiger partial charge in [0.2, 0.25) is 0 Å². The number of nitrogens with zero attached hydrogens (tertiary/aromatic N) is 1. The third kappa shape index (κ3) is 3.09. The topological polar surface area (TPSA) is 22.1 Å². The second-order valence-corrected chi connectivity index (χ2v) is 4.30. The molecule has 0 radical (unpaired) electrons. The van der Waals surface area contributed by atoms with E-state index in [-0.39, 0.29) is 5.75 Å². The van der Waals surface area contributed by atoms with Crippen LogP contribution >= 0.6 is 15.9 Å². The third-order valence-corrected chi connectivity index (χ3v) is 2.48. The van der Waals surface area contributed by atoms with Crippen molar-refractivity contribution >= 4 is 26.8 Å². The maximum absolute atomic E-state index is 12.1. The van der Waals surface area contributed by atoms with Gasteiger partial charge in [0.1, 0.15) is 11.3 Å². The number of halogens is 4. The van der Waals surface area contributed by atoms with Gasteiger partial charge in [0, 0.05) is 16.1 Å². The summed E-state index contributed by atoms with van der Waals surface area (Å²) in [4.78, 5) is 4.01. The first kappa shape index (κ1) is 12.2. The van der Waals surface area contributed by atoms with Crippen LogP contribution in [0.2, 0.25) is 0 Å². The van der Waals surface area contributed by atoms with Gasteiger partial charge < -0.3 is 4.74 Å². The van der Waals surface area contributed by atoms with E-state index in [0.717, 1.165) is 5.39 Å². The van der Waals surface area contributed by atoms with Crippen molar-refractivity contribution in [2.75, 3.05) is 6.61 Å². The number of hydrogen-bond donors (Lipinski definition) is 0. The van der Waals surface area contributed by atoms with Gasteiger partial charge >= 0.3 is 6.18 Å². The molecule has 17 heavy (non-hydrogen) atoms. The molecule has 0 aliphatic carbocycles. The summed E-state index contributed by atoms with van der Waals surface area (Å²) in [5.74, 6) is 0.118. The number of aromatic nitrogens is 1. The minimum atomic E-state index is -4.36. The lowest BCUT2D eigenvalue weighted by Crippen LogP contribution is -2.19. The lowest BCUT2D eigenvalue weighted by Gasteiger charge is -2.11. The van der Waals surface area contributed by atoms with E-state index >= 15 is 0 Å². The molecule has 0 spiro atoms. The fourth-order valence-electron chi connectivity index (χ4n) is 1.39. The van der Waals surface area contributed by atoms with E-state index in [9.17, 15) is 13.2 Å². The minimum Gasteiger partial charge on any atom is -0.482 e. The van der Waals surface area contributed by atoms with Crippen molar-refractivity contribution in [2.45, 2.75) is 6.18 Å². The molecule has 0 amide bonds. The van der Waals surface area contributed by atoms with E-state index in [1.54, 1.807) is 18.2 Å². The molecule has 6 heteroatoms. The van der Waals surface area contributed by atoms with Crippen LogP contribution in [0.25, 0.3) is 10.9 Å². The summed E-state index contributed by atoms with van der Waals surface area (Å²) in [6, 6.07) is 6.71. The molecule has 0 saturated carbocycles. The van der Waals surface area contributed by atoms with E-state index in [1.165, 1.54) is 12.3 Å². The van der Waals surface area contributed by atoms with E-state index in [0.29, 0.717) is 9.99 Å². The first-order valence-electron chi connectivity index (χ1n) is 4.69. The van der Waals surface area contributed by atoms with Crippen LogP contribution in [0.1, 0.15) is 0 Å². The number of pyridine rings is 1. The van der Waals surface area contributed by atoms with Gasteiger partial charge in [-0.3, -0.25) is 4.98 Å². The maximum atomic E-state index is 12.1. The Kier molecular flexibility index (Phi) is 3.24. The predicted molar refractivity (Wildman–Crippen MR) is 61.0 cm³/mol. The molecule has 0 bridgehead atoms. The maximum Gasteiger partial charge on any atom is 0.422 e. The molecular formula is C11H7BrF3NO. The van der Waals surface area contributed by atoms with Crippen molar-refractivity contribution in [2.24, 2.45) is 0 Å². The van der Waals surface area contributed by atoms with Gasteiger partial charge in [0.05, 0.1) is 0 Å². The molecule has 0 aliphatic heterocycles. The van der Waals surface area contributed by atoms with Gasteiger partial charge in [0.25, 0.3) is 0 Å². The summed E-state index contributed by atoms with van der Waals surface area (Å²) in [6.45, 7) is -1.32. The number of ether oxygens (including phenoxy) is 1. The highest BCUT2D eigenvalue weighted by Crippen LogP contribution is 2.29. The molecule has 0 atom stereocenters. The summed E-state index contributed by atoms with van der Waals surface area (Å²) >= 11 is 3.21. The second kappa shape index (κ2) is 4.52. The molecule has 1 aromatic heterocycles. The first-order valence-corrected chi connectivity index (χ1v) is 5.49.